The first-order valence-electron chi connectivity index (χ1n) is 6.30. The average Bonchev–Trinajstić information content (AvgIpc) is 2.76. The van der Waals surface area contributed by atoms with Gasteiger partial charge in [0.2, 0.25) is 0 Å². The summed E-state index contributed by atoms with van der Waals surface area (Å²) < 4.78 is 1.82. The van der Waals surface area contributed by atoms with E-state index in [1.165, 1.54) is 0 Å². The Labute approximate surface area is 122 Å². The molecule has 0 unspecified atom stereocenters. The van der Waals surface area contributed by atoms with Gasteiger partial charge in [0.1, 0.15) is 5.69 Å². The molecule has 2 heterocycles. The minimum Gasteiger partial charge on any atom is -0.397 e. The van der Waals surface area contributed by atoms with Crippen LogP contribution in [0.3, 0.4) is 0 Å². The molecule has 6 heteroatoms. The quantitative estimate of drug-likeness (QED) is 0.853. The summed E-state index contributed by atoms with van der Waals surface area (Å²) in [5.41, 5.74) is 8.20. The van der Waals surface area contributed by atoms with Crippen LogP contribution in [0.4, 0.5) is 11.4 Å². The Balaban J connectivity index is 2.34. The van der Waals surface area contributed by atoms with Gasteiger partial charge in [-0.15, -0.1) is 0 Å². The molecule has 106 valence electrons. The lowest BCUT2D eigenvalue weighted by molar-refractivity contribution is 0.101. The van der Waals surface area contributed by atoms with Crippen LogP contribution in [0.2, 0.25) is 5.15 Å². The normalized spacial score (nSPS) is 10.8. The van der Waals surface area contributed by atoms with Crippen LogP contribution in [-0.2, 0) is 0 Å². The molecule has 20 heavy (non-hydrogen) atoms. The maximum Gasteiger partial charge on any atom is 0.272 e. The number of rotatable bonds is 3. The van der Waals surface area contributed by atoms with Crippen molar-refractivity contribution in [1.29, 1.82) is 0 Å². The van der Waals surface area contributed by atoms with E-state index in [2.05, 4.69) is 10.3 Å². The molecule has 0 aromatic carbocycles. The van der Waals surface area contributed by atoms with Gasteiger partial charge in [-0.05, 0) is 38.5 Å². The number of carbonyl (C=O) groups is 1. The third-order valence-electron chi connectivity index (χ3n) is 3.01. The van der Waals surface area contributed by atoms with Gasteiger partial charge in [-0.3, -0.25) is 4.79 Å². The number of amides is 1. The van der Waals surface area contributed by atoms with E-state index in [1.807, 2.05) is 25.3 Å². The smallest absolute Gasteiger partial charge is 0.272 e. The molecule has 0 aliphatic heterocycles. The highest BCUT2D eigenvalue weighted by Gasteiger charge is 2.17. The summed E-state index contributed by atoms with van der Waals surface area (Å²) in [6, 6.07) is 3.57. The lowest BCUT2D eigenvalue weighted by Gasteiger charge is -2.14. The molecule has 2 aromatic rings. The summed E-state index contributed by atoms with van der Waals surface area (Å²) in [5, 5.41) is 3.07. The number of anilines is 2. The van der Waals surface area contributed by atoms with Gasteiger partial charge in [-0.1, -0.05) is 11.6 Å². The fraction of sp³-hybridized carbons (Fsp3) is 0.286. The number of nitrogen functional groups attached to an aromatic ring is 1. The Morgan fingerprint density at radius 2 is 2.20 bits per heavy atom. The third kappa shape index (κ3) is 2.77. The van der Waals surface area contributed by atoms with Gasteiger partial charge in [0.15, 0.2) is 5.15 Å². The van der Waals surface area contributed by atoms with Crippen molar-refractivity contribution in [3.8, 4) is 0 Å². The van der Waals surface area contributed by atoms with Crippen LogP contribution in [0.25, 0.3) is 0 Å². The maximum atomic E-state index is 12.4. The van der Waals surface area contributed by atoms with Gasteiger partial charge in [-0.25, -0.2) is 4.98 Å². The van der Waals surface area contributed by atoms with Crippen molar-refractivity contribution < 1.29 is 4.79 Å². The predicted octanol–water partition coefficient (Wildman–Crippen LogP) is 3.26. The number of aromatic nitrogens is 2. The number of nitrogens with zero attached hydrogens (tertiary/aromatic N) is 2. The monoisotopic (exact) mass is 292 g/mol. The van der Waals surface area contributed by atoms with Gasteiger partial charge in [0.25, 0.3) is 5.91 Å². The highest BCUT2D eigenvalue weighted by molar-refractivity contribution is 6.32. The van der Waals surface area contributed by atoms with Gasteiger partial charge >= 0.3 is 0 Å². The second-order valence-electron chi connectivity index (χ2n) is 4.91. The van der Waals surface area contributed by atoms with Crippen molar-refractivity contribution in [2.75, 3.05) is 11.1 Å². The van der Waals surface area contributed by atoms with Crippen molar-refractivity contribution in [2.45, 2.75) is 26.8 Å². The summed E-state index contributed by atoms with van der Waals surface area (Å²) in [4.78, 5) is 16.4. The second kappa shape index (κ2) is 5.54. The third-order valence-corrected chi connectivity index (χ3v) is 3.30. The number of hydrogen-bond donors (Lipinski definition) is 2. The molecule has 0 saturated carbocycles. The van der Waals surface area contributed by atoms with Gasteiger partial charge < -0.3 is 15.6 Å². The van der Waals surface area contributed by atoms with Gasteiger partial charge in [0.05, 0.1) is 11.4 Å². The Hall–Kier alpha value is -2.01. The standard InChI is InChI=1S/C14H17ClN4O/c1-8(2)19-7-10(16)6-11(19)14(20)18-12-9(3)4-5-17-13(12)15/h4-8H,16H2,1-3H3,(H,18,20). The number of carbonyl (C=O) groups excluding carboxylic acids is 1. The van der Waals surface area contributed by atoms with Crippen molar-refractivity contribution in [1.82, 2.24) is 9.55 Å². The number of pyridine rings is 1. The van der Waals surface area contributed by atoms with Gasteiger partial charge in [0, 0.05) is 18.4 Å². The molecular weight excluding hydrogens is 276 g/mol. The first kappa shape index (κ1) is 14.4. The van der Waals surface area contributed by atoms with E-state index in [-0.39, 0.29) is 17.1 Å². The van der Waals surface area contributed by atoms with Crippen LogP contribution in [0.15, 0.2) is 24.5 Å². The van der Waals surface area contributed by atoms with Crippen LogP contribution in [0, 0.1) is 6.92 Å². The molecule has 5 nitrogen and oxygen atoms in total. The van der Waals surface area contributed by atoms with Crippen LogP contribution in [0.5, 0.6) is 0 Å². The lowest BCUT2D eigenvalue weighted by Crippen LogP contribution is -2.18. The SMILES string of the molecule is Cc1ccnc(Cl)c1NC(=O)c1cc(N)cn1C(C)C. The highest BCUT2D eigenvalue weighted by Crippen LogP contribution is 2.24. The van der Waals surface area contributed by atoms with Crippen molar-refractivity contribution in [3.63, 3.8) is 0 Å². The molecule has 0 saturated heterocycles. The van der Waals surface area contributed by atoms with Crippen molar-refractivity contribution in [2.24, 2.45) is 0 Å². The minimum absolute atomic E-state index is 0.138. The average molecular weight is 293 g/mol. The van der Waals surface area contributed by atoms with E-state index in [0.717, 1.165) is 5.56 Å². The zero-order valence-electron chi connectivity index (χ0n) is 11.6. The number of hydrogen-bond acceptors (Lipinski definition) is 3. The molecule has 0 atom stereocenters. The molecule has 2 rings (SSSR count). The van der Waals surface area contributed by atoms with Crippen LogP contribution >= 0.6 is 11.6 Å². The highest BCUT2D eigenvalue weighted by atomic mass is 35.5. The molecule has 3 N–H and O–H groups in total. The molecule has 0 spiro atoms. The topological polar surface area (TPSA) is 72.9 Å². The zero-order valence-corrected chi connectivity index (χ0v) is 12.4. The Morgan fingerprint density at radius 3 is 2.80 bits per heavy atom. The molecule has 0 aliphatic rings. The number of nitrogens with one attached hydrogen (secondary N) is 1. The second-order valence-corrected chi connectivity index (χ2v) is 5.27. The Bertz CT molecular complexity index is 628. The van der Waals surface area contributed by atoms with Crippen LogP contribution < -0.4 is 11.1 Å². The molecule has 2 aromatic heterocycles. The van der Waals surface area contributed by atoms with E-state index < -0.39 is 0 Å². The summed E-state index contributed by atoms with van der Waals surface area (Å²) >= 11 is 6.01. The van der Waals surface area contributed by atoms with Crippen molar-refractivity contribution in [3.05, 3.63) is 40.9 Å². The van der Waals surface area contributed by atoms with E-state index in [1.54, 1.807) is 24.5 Å². The predicted molar refractivity (Wildman–Crippen MR) is 81.2 cm³/mol. The van der Waals surface area contributed by atoms with E-state index in [0.29, 0.717) is 17.1 Å². The minimum atomic E-state index is -0.256. The Morgan fingerprint density at radius 1 is 1.50 bits per heavy atom. The lowest BCUT2D eigenvalue weighted by atomic mass is 10.2. The van der Waals surface area contributed by atoms with E-state index in [9.17, 15) is 4.79 Å². The van der Waals surface area contributed by atoms with E-state index in [4.69, 9.17) is 17.3 Å². The molecule has 0 fully saturated rings. The zero-order chi connectivity index (χ0) is 14.9. The maximum absolute atomic E-state index is 12.4. The summed E-state index contributed by atoms with van der Waals surface area (Å²) in [6.45, 7) is 5.83. The molecule has 0 aliphatic carbocycles. The fourth-order valence-corrected chi connectivity index (χ4v) is 2.22. The van der Waals surface area contributed by atoms with Crippen LogP contribution in [-0.4, -0.2) is 15.5 Å². The number of aryl methyl sites for hydroxylation is 1. The summed E-state index contributed by atoms with van der Waals surface area (Å²) in [7, 11) is 0. The van der Waals surface area contributed by atoms with E-state index >= 15 is 0 Å². The fourth-order valence-electron chi connectivity index (χ4n) is 1.96. The summed E-state index contributed by atoms with van der Waals surface area (Å²) in [5.74, 6) is -0.256. The first-order chi connectivity index (χ1) is 9.40. The molecular formula is C14H17ClN4O. The largest absolute Gasteiger partial charge is 0.397 e. The number of nitrogens with two attached hydrogens (primary N) is 1. The molecule has 1 amide bonds. The van der Waals surface area contributed by atoms with Gasteiger partial charge in [-0.2, -0.15) is 0 Å². The summed E-state index contributed by atoms with van der Waals surface area (Å²) in [6.07, 6.45) is 3.35. The van der Waals surface area contributed by atoms with Crippen molar-refractivity contribution >= 4 is 28.9 Å². The van der Waals surface area contributed by atoms with Crippen LogP contribution in [0.1, 0.15) is 35.9 Å². The molecule has 0 bridgehead atoms. The molecule has 0 radical (unpaired) electrons. The number of halogens is 1. The first-order valence-corrected chi connectivity index (χ1v) is 6.67. The Kier molecular flexibility index (Phi) is 3.99.